The Bertz CT molecular complexity index is 685. The molecule has 0 atom stereocenters. The van der Waals surface area contributed by atoms with Gasteiger partial charge in [-0.3, -0.25) is 0 Å². The van der Waals surface area contributed by atoms with Crippen LogP contribution in [0.1, 0.15) is 31.2 Å². The third-order valence-electron chi connectivity index (χ3n) is 4.41. The van der Waals surface area contributed by atoms with Gasteiger partial charge in [-0.25, -0.2) is 4.79 Å². The van der Waals surface area contributed by atoms with Crippen LogP contribution in [0.25, 0.3) is 0 Å². The summed E-state index contributed by atoms with van der Waals surface area (Å²) in [6.45, 7) is 1.31. The van der Waals surface area contributed by atoms with E-state index in [0.717, 1.165) is 29.9 Å². The van der Waals surface area contributed by atoms with Crippen molar-refractivity contribution in [3.63, 3.8) is 0 Å². The van der Waals surface area contributed by atoms with Crippen molar-refractivity contribution in [1.82, 2.24) is 10.6 Å². The lowest BCUT2D eigenvalue weighted by atomic mass is 10.2. The van der Waals surface area contributed by atoms with Crippen LogP contribution in [0.5, 0.6) is 11.5 Å². The first-order chi connectivity index (χ1) is 12.8. The summed E-state index contributed by atoms with van der Waals surface area (Å²) in [5, 5.41) is 5.68. The molecule has 1 aliphatic rings. The molecular weight excluding hydrogens is 328 g/mol. The predicted octanol–water partition coefficient (Wildman–Crippen LogP) is 3.89. The van der Waals surface area contributed by atoms with Gasteiger partial charge in [0, 0.05) is 12.1 Å². The van der Waals surface area contributed by atoms with E-state index in [2.05, 4.69) is 10.6 Å². The summed E-state index contributed by atoms with van der Waals surface area (Å²) >= 11 is 0. The normalized spacial score (nSPS) is 14.0. The Labute approximate surface area is 154 Å². The molecule has 0 aromatic heterocycles. The number of benzene rings is 2. The van der Waals surface area contributed by atoms with E-state index in [0.29, 0.717) is 25.8 Å². The molecule has 3 rings (SSSR count). The molecule has 1 fully saturated rings. The van der Waals surface area contributed by atoms with E-state index in [1.165, 1.54) is 12.8 Å². The highest BCUT2D eigenvalue weighted by Gasteiger charge is 2.17. The second-order valence-corrected chi connectivity index (χ2v) is 6.40. The van der Waals surface area contributed by atoms with Crippen LogP contribution in [0.3, 0.4) is 0 Å². The second kappa shape index (κ2) is 9.70. The van der Waals surface area contributed by atoms with Gasteiger partial charge in [-0.05, 0) is 43.9 Å². The number of carbonyl (C=O) groups excluding carboxylic acids is 1. The fraction of sp³-hybridized carbons (Fsp3) is 0.381. The Morgan fingerprint density at radius 3 is 2.50 bits per heavy atom. The number of ether oxygens (including phenoxy) is 2. The van der Waals surface area contributed by atoms with Gasteiger partial charge in [-0.1, -0.05) is 36.4 Å². The number of nitrogens with one attached hydrogen (secondary N) is 2. The van der Waals surface area contributed by atoms with Crippen molar-refractivity contribution >= 4 is 6.03 Å². The number of carbonyl (C=O) groups is 1. The van der Waals surface area contributed by atoms with E-state index in [1.807, 2.05) is 54.6 Å². The summed E-state index contributed by atoms with van der Waals surface area (Å²) in [6, 6.07) is 17.2. The number of rotatable bonds is 8. The molecule has 5 nitrogen and oxygen atoms in total. The van der Waals surface area contributed by atoms with Crippen LogP contribution >= 0.6 is 0 Å². The average Bonchev–Trinajstić information content (AvgIpc) is 3.18. The van der Waals surface area contributed by atoms with Crippen LogP contribution in [0.15, 0.2) is 54.6 Å². The van der Waals surface area contributed by atoms with Gasteiger partial charge >= 0.3 is 6.03 Å². The SMILES string of the molecule is O=C(NCCOc1ccccc1)NCc1ccccc1OC1CCCC1. The average molecular weight is 354 g/mol. The molecule has 1 aliphatic carbocycles. The van der Waals surface area contributed by atoms with Crippen molar-refractivity contribution in [1.29, 1.82) is 0 Å². The molecule has 0 spiro atoms. The zero-order chi connectivity index (χ0) is 18.0. The van der Waals surface area contributed by atoms with Crippen molar-refractivity contribution in [2.75, 3.05) is 13.2 Å². The smallest absolute Gasteiger partial charge is 0.315 e. The molecule has 0 bridgehead atoms. The van der Waals surface area contributed by atoms with Crippen LogP contribution in [0.4, 0.5) is 4.79 Å². The summed E-state index contributed by atoms with van der Waals surface area (Å²) < 4.78 is 11.6. The maximum absolute atomic E-state index is 12.0. The minimum atomic E-state index is -0.211. The molecule has 2 amide bonds. The number of hydrogen-bond acceptors (Lipinski definition) is 3. The van der Waals surface area contributed by atoms with E-state index in [-0.39, 0.29) is 6.03 Å². The fourth-order valence-corrected chi connectivity index (χ4v) is 3.04. The molecule has 0 aliphatic heterocycles. The topological polar surface area (TPSA) is 59.6 Å². The maximum Gasteiger partial charge on any atom is 0.315 e. The summed E-state index contributed by atoms with van der Waals surface area (Å²) in [7, 11) is 0. The van der Waals surface area contributed by atoms with Crippen LogP contribution in [0, 0.1) is 0 Å². The van der Waals surface area contributed by atoms with Gasteiger partial charge in [-0.2, -0.15) is 0 Å². The Morgan fingerprint density at radius 2 is 1.69 bits per heavy atom. The molecule has 138 valence electrons. The first-order valence-corrected chi connectivity index (χ1v) is 9.25. The zero-order valence-corrected chi connectivity index (χ0v) is 14.9. The molecular formula is C21H26N2O3. The quantitative estimate of drug-likeness (QED) is 0.707. The standard InChI is InChI=1S/C21H26N2O3/c24-21(22-14-15-25-18-9-2-1-3-10-18)23-16-17-8-4-7-13-20(17)26-19-11-5-6-12-19/h1-4,7-10,13,19H,5-6,11-12,14-16H2,(H2,22,23,24). The number of amides is 2. The molecule has 0 saturated heterocycles. The number of hydrogen-bond donors (Lipinski definition) is 2. The van der Waals surface area contributed by atoms with Gasteiger partial charge in [0.2, 0.25) is 0 Å². The molecule has 5 heteroatoms. The maximum atomic E-state index is 12.0. The van der Waals surface area contributed by atoms with Gasteiger partial charge in [0.05, 0.1) is 12.6 Å². The highest BCUT2D eigenvalue weighted by molar-refractivity contribution is 5.73. The van der Waals surface area contributed by atoms with E-state index in [1.54, 1.807) is 0 Å². The third-order valence-corrected chi connectivity index (χ3v) is 4.41. The van der Waals surface area contributed by atoms with Crippen molar-refractivity contribution < 1.29 is 14.3 Å². The van der Waals surface area contributed by atoms with E-state index >= 15 is 0 Å². The highest BCUT2D eigenvalue weighted by atomic mass is 16.5. The molecule has 26 heavy (non-hydrogen) atoms. The molecule has 2 N–H and O–H groups in total. The summed E-state index contributed by atoms with van der Waals surface area (Å²) in [5.41, 5.74) is 0.995. The second-order valence-electron chi connectivity index (χ2n) is 6.40. The largest absolute Gasteiger partial charge is 0.492 e. The molecule has 1 saturated carbocycles. The number of urea groups is 1. The van der Waals surface area contributed by atoms with Crippen LogP contribution in [-0.4, -0.2) is 25.3 Å². The van der Waals surface area contributed by atoms with Crippen LogP contribution < -0.4 is 20.1 Å². The summed E-state index contributed by atoms with van der Waals surface area (Å²) in [6.07, 6.45) is 5.00. The lowest BCUT2D eigenvalue weighted by Crippen LogP contribution is -2.37. The predicted molar refractivity (Wildman–Crippen MR) is 102 cm³/mol. The van der Waals surface area contributed by atoms with Crippen LogP contribution in [0.2, 0.25) is 0 Å². The summed E-state index contributed by atoms with van der Waals surface area (Å²) in [5.74, 6) is 1.67. The monoisotopic (exact) mass is 354 g/mol. The third kappa shape index (κ3) is 5.69. The Morgan fingerprint density at radius 1 is 0.962 bits per heavy atom. The van der Waals surface area contributed by atoms with E-state index in [4.69, 9.17) is 9.47 Å². The molecule has 0 radical (unpaired) electrons. The Kier molecular flexibility index (Phi) is 6.76. The minimum Gasteiger partial charge on any atom is -0.492 e. The molecule has 2 aromatic rings. The molecule has 0 heterocycles. The van der Waals surface area contributed by atoms with Crippen LogP contribution in [-0.2, 0) is 6.54 Å². The lowest BCUT2D eigenvalue weighted by Gasteiger charge is -2.17. The minimum absolute atomic E-state index is 0.211. The molecule has 2 aromatic carbocycles. The van der Waals surface area contributed by atoms with E-state index in [9.17, 15) is 4.79 Å². The fourth-order valence-electron chi connectivity index (χ4n) is 3.04. The van der Waals surface area contributed by atoms with Crippen molar-refractivity contribution in [3.8, 4) is 11.5 Å². The van der Waals surface area contributed by atoms with Gasteiger partial charge in [-0.15, -0.1) is 0 Å². The van der Waals surface area contributed by atoms with Crippen molar-refractivity contribution in [2.24, 2.45) is 0 Å². The number of para-hydroxylation sites is 2. The van der Waals surface area contributed by atoms with Crippen molar-refractivity contribution in [2.45, 2.75) is 38.3 Å². The zero-order valence-electron chi connectivity index (χ0n) is 14.9. The van der Waals surface area contributed by atoms with E-state index < -0.39 is 0 Å². The molecule has 0 unspecified atom stereocenters. The highest BCUT2D eigenvalue weighted by Crippen LogP contribution is 2.26. The van der Waals surface area contributed by atoms with Gasteiger partial charge < -0.3 is 20.1 Å². The lowest BCUT2D eigenvalue weighted by molar-refractivity contribution is 0.207. The first kappa shape index (κ1) is 18.1. The summed E-state index contributed by atoms with van der Waals surface area (Å²) in [4.78, 5) is 12.0. The van der Waals surface area contributed by atoms with Gasteiger partial charge in [0.15, 0.2) is 0 Å². The Hall–Kier alpha value is -2.69. The van der Waals surface area contributed by atoms with Crippen molar-refractivity contribution in [3.05, 3.63) is 60.2 Å². The van der Waals surface area contributed by atoms with Gasteiger partial charge in [0.25, 0.3) is 0 Å². The Balaban J connectivity index is 1.38. The van der Waals surface area contributed by atoms with Gasteiger partial charge in [0.1, 0.15) is 18.1 Å². The first-order valence-electron chi connectivity index (χ1n) is 9.25.